The second kappa shape index (κ2) is 12.0. The van der Waals surface area contributed by atoms with Gasteiger partial charge in [-0.2, -0.15) is 0 Å². The van der Waals surface area contributed by atoms with Crippen molar-refractivity contribution < 1.29 is 29.0 Å². The molecule has 7 atom stereocenters. The van der Waals surface area contributed by atoms with Crippen LogP contribution in [0.15, 0.2) is 79.9 Å². The van der Waals surface area contributed by atoms with E-state index in [0.717, 1.165) is 0 Å². The van der Waals surface area contributed by atoms with Gasteiger partial charge in [0.05, 0.1) is 37.7 Å². The molecule has 222 valence electrons. The molecule has 42 heavy (non-hydrogen) atoms. The molecule has 2 aromatic rings. The summed E-state index contributed by atoms with van der Waals surface area (Å²) in [6.07, 6.45) is 3.01. The maximum Gasteiger partial charge on any atom is 0.253 e. The first kappa shape index (κ1) is 30.0. The lowest BCUT2D eigenvalue weighted by Gasteiger charge is -2.39. The molecular formula is C32H36BrN3O6. The summed E-state index contributed by atoms with van der Waals surface area (Å²) in [5.74, 6) is -2.06. The molecule has 0 aromatic heterocycles. The van der Waals surface area contributed by atoms with Gasteiger partial charge in [-0.3, -0.25) is 14.4 Å². The van der Waals surface area contributed by atoms with Crippen LogP contribution < -0.4 is 9.64 Å². The molecule has 2 aromatic carbocycles. The Morgan fingerprint density at radius 1 is 1.14 bits per heavy atom. The number of alkyl halides is 1. The van der Waals surface area contributed by atoms with Gasteiger partial charge in [0.25, 0.3) is 5.91 Å². The van der Waals surface area contributed by atoms with Gasteiger partial charge >= 0.3 is 0 Å². The van der Waals surface area contributed by atoms with Crippen LogP contribution in [-0.2, 0) is 19.1 Å². The van der Waals surface area contributed by atoms with Crippen molar-refractivity contribution in [2.24, 2.45) is 11.8 Å². The van der Waals surface area contributed by atoms with E-state index in [1.54, 1.807) is 55.5 Å². The van der Waals surface area contributed by atoms with E-state index in [2.05, 4.69) is 29.1 Å². The summed E-state index contributed by atoms with van der Waals surface area (Å²) >= 11 is 3.72. The van der Waals surface area contributed by atoms with E-state index in [1.807, 2.05) is 30.3 Å². The molecule has 9 nitrogen and oxygen atoms in total. The Labute approximate surface area is 254 Å². The second-order valence-corrected chi connectivity index (χ2v) is 12.1. The van der Waals surface area contributed by atoms with Gasteiger partial charge in [0.2, 0.25) is 11.8 Å². The Morgan fingerprint density at radius 2 is 1.81 bits per heavy atom. The zero-order valence-electron chi connectivity index (χ0n) is 23.8. The zero-order chi connectivity index (χ0) is 30.2. The first-order valence-electron chi connectivity index (χ1n) is 14.0. The molecule has 0 radical (unpaired) electrons. The maximum atomic E-state index is 14.8. The second-order valence-electron chi connectivity index (χ2n) is 11.0. The summed E-state index contributed by atoms with van der Waals surface area (Å²) in [6, 6.07) is 14.3. The largest absolute Gasteiger partial charge is 0.497 e. The molecule has 3 aliphatic rings. The van der Waals surface area contributed by atoms with E-state index in [1.165, 1.54) is 9.80 Å². The van der Waals surface area contributed by atoms with E-state index in [4.69, 9.17) is 9.47 Å². The van der Waals surface area contributed by atoms with Crippen molar-refractivity contribution >= 4 is 39.3 Å². The topological polar surface area (TPSA) is 99.6 Å². The molecule has 1 spiro atoms. The van der Waals surface area contributed by atoms with E-state index >= 15 is 0 Å². The number of amides is 3. The first-order valence-corrected chi connectivity index (χ1v) is 14.9. The van der Waals surface area contributed by atoms with Crippen molar-refractivity contribution in [1.29, 1.82) is 0 Å². The number of halogens is 1. The fourth-order valence-corrected chi connectivity index (χ4v) is 7.84. The highest BCUT2D eigenvalue weighted by Gasteiger charge is 2.77. The summed E-state index contributed by atoms with van der Waals surface area (Å²) in [4.78, 5) is 47.5. The molecule has 0 aliphatic carbocycles. The van der Waals surface area contributed by atoms with Gasteiger partial charge in [-0.1, -0.05) is 58.4 Å². The minimum absolute atomic E-state index is 0.172. The normalized spacial score (nSPS) is 28.2. The number of likely N-dealkylation sites (N-methyl/N-ethyl adjacent to an activating group) is 1. The number of methoxy groups -OCH3 is 1. The number of hydrogen-bond donors (Lipinski definition) is 1. The third-order valence-corrected chi connectivity index (χ3v) is 9.52. The molecular weight excluding hydrogens is 602 g/mol. The molecule has 2 bridgehead atoms. The lowest BCUT2D eigenvalue weighted by Crippen LogP contribution is -2.57. The summed E-state index contributed by atoms with van der Waals surface area (Å²) < 4.78 is 12.0. The number of ether oxygens (including phenoxy) is 2. The van der Waals surface area contributed by atoms with Crippen LogP contribution in [-0.4, -0.2) is 89.1 Å². The Hall–Kier alpha value is -3.47. The van der Waals surface area contributed by atoms with Gasteiger partial charge in [0.1, 0.15) is 17.4 Å². The van der Waals surface area contributed by atoms with E-state index in [9.17, 15) is 19.5 Å². The number of aliphatic hydroxyl groups excluding tert-OH is 1. The zero-order valence-corrected chi connectivity index (χ0v) is 25.4. The highest BCUT2D eigenvalue weighted by Crippen LogP contribution is 2.61. The van der Waals surface area contributed by atoms with Crippen molar-refractivity contribution in [3.63, 3.8) is 0 Å². The minimum Gasteiger partial charge on any atom is -0.497 e. The number of hydrogen-bond acceptors (Lipinski definition) is 6. The molecule has 3 saturated heterocycles. The molecule has 5 rings (SSSR count). The molecule has 1 N–H and O–H groups in total. The van der Waals surface area contributed by atoms with Gasteiger partial charge < -0.3 is 29.3 Å². The summed E-state index contributed by atoms with van der Waals surface area (Å²) in [5.41, 5.74) is -0.00972. The number of rotatable bonds is 11. The van der Waals surface area contributed by atoms with E-state index in [0.29, 0.717) is 30.0 Å². The predicted molar refractivity (Wildman–Crippen MR) is 162 cm³/mol. The Balaban J connectivity index is 1.65. The average Bonchev–Trinajstić information content (AvgIpc) is 3.60. The van der Waals surface area contributed by atoms with Crippen molar-refractivity contribution in [3.8, 4) is 5.75 Å². The third kappa shape index (κ3) is 4.75. The van der Waals surface area contributed by atoms with Crippen LogP contribution in [0, 0.1) is 11.8 Å². The fraction of sp³-hybridized carbons (Fsp3) is 0.406. The van der Waals surface area contributed by atoms with Crippen molar-refractivity contribution in [2.75, 3.05) is 38.8 Å². The van der Waals surface area contributed by atoms with E-state index < -0.39 is 42.2 Å². The van der Waals surface area contributed by atoms with Crippen LogP contribution in [0.2, 0.25) is 0 Å². The van der Waals surface area contributed by atoms with Gasteiger partial charge in [0.15, 0.2) is 0 Å². The molecule has 10 heteroatoms. The van der Waals surface area contributed by atoms with Crippen LogP contribution in [0.25, 0.3) is 0 Å². The van der Waals surface area contributed by atoms with Gasteiger partial charge in [-0.15, -0.1) is 13.2 Å². The standard InChI is InChI=1S/C32H36BrN3O6/c1-5-16-34(3)29(38)25-26-30(39)36(24(19-37)20-10-8-7-9-11-20)28(32(26)18-23(33)27(25)42-32)31(40)35(17-6-2)21-12-14-22(41-4)15-13-21/h5-15,23-28,37H,1-2,16-19H2,3-4H3/t23?,24-,25+,26+,27+,28?,32?/m1/s1. The lowest BCUT2D eigenvalue weighted by atomic mass is 9.70. The van der Waals surface area contributed by atoms with Crippen molar-refractivity contribution in [1.82, 2.24) is 9.80 Å². The maximum absolute atomic E-state index is 14.8. The van der Waals surface area contributed by atoms with Crippen LogP contribution in [0.5, 0.6) is 5.75 Å². The number of anilines is 1. The van der Waals surface area contributed by atoms with Crippen LogP contribution in [0.4, 0.5) is 5.69 Å². The highest BCUT2D eigenvalue weighted by molar-refractivity contribution is 9.09. The number of carbonyl (C=O) groups is 3. The number of aliphatic hydroxyl groups is 1. The number of benzene rings is 2. The number of fused-ring (bicyclic) bond motifs is 1. The Morgan fingerprint density at radius 3 is 2.40 bits per heavy atom. The minimum atomic E-state index is -1.28. The van der Waals surface area contributed by atoms with Crippen molar-refractivity contribution in [3.05, 3.63) is 85.5 Å². The summed E-state index contributed by atoms with van der Waals surface area (Å²) in [6.45, 7) is 7.67. The third-order valence-electron chi connectivity index (χ3n) is 8.68. The van der Waals surface area contributed by atoms with Gasteiger partial charge in [0, 0.05) is 30.7 Å². The quantitative estimate of drug-likeness (QED) is 0.300. The van der Waals surface area contributed by atoms with Crippen LogP contribution in [0.1, 0.15) is 18.0 Å². The van der Waals surface area contributed by atoms with Crippen LogP contribution in [0.3, 0.4) is 0 Å². The predicted octanol–water partition coefficient (Wildman–Crippen LogP) is 3.34. The lowest BCUT2D eigenvalue weighted by molar-refractivity contribution is -0.147. The SMILES string of the molecule is C=CCN(C)C(=O)[C@H]1[C@H]2C(=O)N([C@H](CO)c3ccccc3)C(C(=O)N(CC=C)c3ccc(OC)cc3)C23CC(Br)[C@@H]1O3. The van der Waals surface area contributed by atoms with Crippen molar-refractivity contribution in [2.45, 2.75) is 35.0 Å². The van der Waals surface area contributed by atoms with Gasteiger partial charge in [-0.25, -0.2) is 0 Å². The monoisotopic (exact) mass is 637 g/mol. The summed E-state index contributed by atoms with van der Waals surface area (Å²) in [5, 5.41) is 10.7. The van der Waals surface area contributed by atoms with Crippen LogP contribution >= 0.6 is 15.9 Å². The first-order chi connectivity index (χ1) is 20.2. The molecule has 3 aliphatic heterocycles. The molecule has 3 heterocycles. The molecule has 3 unspecified atom stereocenters. The summed E-state index contributed by atoms with van der Waals surface area (Å²) in [7, 11) is 3.23. The molecule has 3 fully saturated rings. The van der Waals surface area contributed by atoms with Gasteiger partial charge in [-0.05, 0) is 36.2 Å². The Kier molecular flexibility index (Phi) is 8.59. The number of nitrogens with zero attached hydrogens (tertiary/aromatic N) is 3. The molecule has 0 saturated carbocycles. The fourth-order valence-electron chi connectivity index (χ4n) is 6.89. The number of carbonyl (C=O) groups excluding carboxylic acids is 3. The molecule has 3 amide bonds. The Bertz CT molecular complexity index is 1350. The highest BCUT2D eigenvalue weighted by atomic mass is 79.9. The van der Waals surface area contributed by atoms with E-state index in [-0.39, 0.29) is 29.1 Å². The number of likely N-dealkylation sites (tertiary alicyclic amines) is 1. The smallest absolute Gasteiger partial charge is 0.253 e. The average molecular weight is 639 g/mol.